The van der Waals surface area contributed by atoms with Gasteiger partial charge in [-0.2, -0.15) is 5.10 Å². The molecule has 1 amide bonds. The number of fused-ring (bicyclic) bond motifs is 1. The number of hydrogen-bond acceptors (Lipinski definition) is 6. The summed E-state index contributed by atoms with van der Waals surface area (Å²) in [6.45, 7) is -0.000818. The van der Waals surface area contributed by atoms with Gasteiger partial charge in [0.05, 0.1) is 13.3 Å². The number of methoxy groups -OCH3 is 1. The van der Waals surface area contributed by atoms with Crippen LogP contribution in [0.2, 0.25) is 0 Å². The van der Waals surface area contributed by atoms with Crippen LogP contribution in [0.25, 0.3) is 11.1 Å². The zero-order valence-corrected chi connectivity index (χ0v) is 16.3. The van der Waals surface area contributed by atoms with Crippen molar-refractivity contribution in [3.8, 4) is 34.1 Å². The highest BCUT2D eigenvalue weighted by molar-refractivity contribution is 5.84. The summed E-state index contributed by atoms with van der Waals surface area (Å²) >= 11 is 0. The maximum absolute atomic E-state index is 12.0. The molecule has 0 aromatic heterocycles. The van der Waals surface area contributed by atoms with Crippen LogP contribution in [0.3, 0.4) is 0 Å². The van der Waals surface area contributed by atoms with Gasteiger partial charge in [0, 0.05) is 5.56 Å². The molecular formula is C23H20N2O5. The van der Waals surface area contributed by atoms with Crippen LogP contribution < -0.4 is 24.4 Å². The van der Waals surface area contributed by atoms with Crippen molar-refractivity contribution in [1.82, 2.24) is 5.43 Å². The molecule has 1 N–H and O–H groups in total. The molecule has 0 fully saturated rings. The molecule has 0 atom stereocenters. The van der Waals surface area contributed by atoms with E-state index in [1.807, 2.05) is 54.6 Å². The van der Waals surface area contributed by atoms with Crippen molar-refractivity contribution in [2.24, 2.45) is 5.10 Å². The summed E-state index contributed by atoms with van der Waals surface area (Å²) < 4.78 is 21.5. The number of carbonyl (C=O) groups is 1. The van der Waals surface area contributed by atoms with Crippen LogP contribution in [0.15, 0.2) is 71.8 Å². The van der Waals surface area contributed by atoms with Crippen LogP contribution in [0, 0.1) is 0 Å². The lowest BCUT2D eigenvalue weighted by atomic mass is 10.1. The first-order valence-electron chi connectivity index (χ1n) is 9.31. The van der Waals surface area contributed by atoms with Crippen molar-refractivity contribution in [2.75, 3.05) is 20.5 Å². The first-order valence-corrected chi connectivity index (χ1v) is 9.31. The van der Waals surface area contributed by atoms with Crippen molar-refractivity contribution in [3.63, 3.8) is 0 Å². The van der Waals surface area contributed by atoms with Crippen LogP contribution in [0.5, 0.6) is 23.0 Å². The highest BCUT2D eigenvalue weighted by atomic mass is 16.7. The van der Waals surface area contributed by atoms with Gasteiger partial charge >= 0.3 is 0 Å². The minimum absolute atomic E-state index is 0.146. The molecule has 3 aromatic rings. The average molecular weight is 404 g/mol. The summed E-state index contributed by atoms with van der Waals surface area (Å²) in [5.74, 6) is 1.91. The van der Waals surface area contributed by atoms with E-state index in [9.17, 15) is 4.79 Å². The molecule has 0 unspecified atom stereocenters. The summed E-state index contributed by atoms with van der Waals surface area (Å²) in [5.41, 5.74) is 5.34. The molecule has 0 saturated heterocycles. The largest absolute Gasteiger partial charge is 0.493 e. The third-order valence-corrected chi connectivity index (χ3v) is 4.41. The molecule has 1 aliphatic heterocycles. The number of ether oxygens (including phenoxy) is 4. The normalized spacial score (nSPS) is 12.0. The Kier molecular flexibility index (Phi) is 5.80. The van der Waals surface area contributed by atoms with E-state index in [4.69, 9.17) is 18.9 Å². The molecule has 0 saturated carbocycles. The zero-order chi connectivity index (χ0) is 20.8. The van der Waals surface area contributed by atoms with E-state index in [2.05, 4.69) is 10.5 Å². The lowest BCUT2D eigenvalue weighted by Crippen LogP contribution is -2.24. The standard InChI is InChI=1S/C23H20N2O5/c1-27-20-11-16(12-21-23(20)30-15-29-21)13-24-25-22(26)14-28-19-9-7-18(8-10-19)17-5-3-2-4-6-17/h2-13H,14-15H2,1H3,(H,25,26)/b24-13-. The Bertz CT molecular complexity index is 1050. The number of nitrogens with zero attached hydrogens (tertiary/aromatic N) is 1. The Labute approximate surface area is 173 Å². The van der Waals surface area contributed by atoms with Gasteiger partial charge in [-0.25, -0.2) is 5.43 Å². The summed E-state index contributed by atoms with van der Waals surface area (Å²) in [7, 11) is 1.55. The highest BCUT2D eigenvalue weighted by Gasteiger charge is 2.19. The average Bonchev–Trinajstić information content (AvgIpc) is 3.27. The summed E-state index contributed by atoms with van der Waals surface area (Å²) in [4.78, 5) is 12.0. The van der Waals surface area contributed by atoms with E-state index >= 15 is 0 Å². The molecule has 0 spiro atoms. The van der Waals surface area contributed by atoms with E-state index < -0.39 is 0 Å². The monoisotopic (exact) mass is 404 g/mol. The Hall–Kier alpha value is -4.00. The molecule has 3 aromatic carbocycles. The fourth-order valence-electron chi connectivity index (χ4n) is 2.96. The van der Waals surface area contributed by atoms with Gasteiger partial charge in [0.1, 0.15) is 5.75 Å². The first-order chi connectivity index (χ1) is 14.7. The third kappa shape index (κ3) is 4.52. The molecule has 4 rings (SSSR count). The molecule has 7 heteroatoms. The van der Waals surface area contributed by atoms with Gasteiger partial charge in [-0.3, -0.25) is 4.79 Å². The number of carbonyl (C=O) groups excluding carboxylic acids is 1. The van der Waals surface area contributed by atoms with E-state index in [1.165, 1.54) is 6.21 Å². The summed E-state index contributed by atoms with van der Waals surface area (Å²) in [6.07, 6.45) is 1.50. The van der Waals surface area contributed by atoms with Crippen LogP contribution in [0.1, 0.15) is 5.56 Å². The molecule has 0 aliphatic carbocycles. The predicted molar refractivity (Wildman–Crippen MR) is 112 cm³/mol. The highest BCUT2D eigenvalue weighted by Crippen LogP contribution is 2.41. The fraction of sp³-hybridized carbons (Fsp3) is 0.130. The number of nitrogens with one attached hydrogen (secondary N) is 1. The van der Waals surface area contributed by atoms with Crippen molar-refractivity contribution in [3.05, 3.63) is 72.3 Å². The van der Waals surface area contributed by atoms with Gasteiger partial charge in [0.25, 0.3) is 5.91 Å². The fourth-order valence-corrected chi connectivity index (χ4v) is 2.96. The van der Waals surface area contributed by atoms with Crippen LogP contribution in [-0.2, 0) is 4.79 Å². The van der Waals surface area contributed by atoms with Gasteiger partial charge in [-0.05, 0) is 35.4 Å². The van der Waals surface area contributed by atoms with E-state index in [-0.39, 0.29) is 19.3 Å². The van der Waals surface area contributed by atoms with Crippen LogP contribution in [0.4, 0.5) is 0 Å². The maximum Gasteiger partial charge on any atom is 0.277 e. The number of benzene rings is 3. The number of rotatable bonds is 7. The quantitative estimate of drug-likeness (QED) is 0.481. The van der Waals surface area contributed by atoms with Gasteiger partial charge in [0.2, 0.25) is 12.5 Å². The zero-order valence-electron chi connectivity index (χ0n) is 16.3. The van der Waals surface area contributed by atoms with Gasteiger partial charge in [-0.15, -0.1) is 0 Å². The minimum atomic E-state index is -0.369. The lowest BCUT2D eigenvalue weighted by molar-refractivity contribution is -0.123. The van der Waals surface area contributed by atoms with E-state index in [1.54, 1.807) is 19.2 Å². The van der Waals surface area contributed by atoms with Gasteiger partial charge in [-0.1, -0.05) is 42.5 Å². The van der Waals surface area contributed by atoms with Crippen molar-refractivity contribution < 1.29 is 23.7 Å². The predicted octanol–water partition coefficient (Wildman–Crippen LogP) is 3.62. The first kappa shape index (κ1) is 19.3. The van der Waals surface area contributed by atoms with Crippen molar-refractivity contribution in [1.29, 1.82) is 0 Å². The van der Waals surface area contributed by atoms with Crippen LogP contribution in [-0.4, -0.2) is 32.6 Å². The molecule has 152 valence electrons. The Morgan fingerprint density at radius 1 is 1.07 bits per heavy atom. The second-order valence-electron chi connectivity index (χ2n) is 6.43. The Morgan fingerprint density at radius 2 is 1.83 bits per heavy atom. The molecule has 0 radical (unpaired) electrons. The number of hydrazone groups is 1. The Morgan fingerprint density at radius 3 is 2.60 bits per heavy atom. The molecule has 1 aliphatic rings. The molecule has 30 heavy (non-hydrogen) atoms. The van der Waals surface area contributed by atoms with Crippen LogP contribution >= 0.6 is 0 Å². The van der Waals surface area contributed by atoms with E-state index in [0.717, 1.165) is 11.1 Å². The summed E-state index contributed by atoms with van der Waals surface area (Å²) in [5, 5.41) is 3.95. The Balaban J connectivity index is 1.29. The smallest absolute Gasteiger partial charge is 0.277 e. The SMILES string of the molecule is COc1cc(/C=N\NC(=O)COc2ccc(-c3ccccc3)cc2)cc2c1OCO2. The molecule has 1 heterocycles. The second kappa shape index (κ2) is 9.00. The number of amides is 1. The van der Waals surface area contributed by atoms with Crippen molar-refractivity contribution in [2.45, 2.75) is 0 Å². The lowest BCUT2D eigenvalue weighted by Gasteiger charge is -2.07. The van der Waals surface area contributed by atoms with E-state index in [0.29, 0.717) is 28.6 Å². The maximum atomic E-state index is 12.0. The van der Waals surface area contributed by atoms with Gasteiger partial charge in [0.15, 0.2) is 18.1 Å². The van der Waals surface area contributed by atoms with Crippen molar-refractivity contribution >= 4 is 12.1 Å². The third-order valence-electron chi connectivity index (χ3n) is 4.41. The minimum Gasteiger partial charge on any atom is -0.493 e. The molecular weight excluding hydrogens is 384 g/mol. The molecule has 7 nitrogen and oxygen atoms in total. The number of hydrogen-bond donors (Lipinski definition) is 1. The second-order valence-corrected chi connectivity index (χ2v) is 6.43. The summed E-state index contributed by atoms with van der Waals surface area (Å²) in [6, 6.07) is 21.1. The van der Waals surface area contributed by atoms with Gasteiger partial charge < -0.3 is 18.9 Å². The topological polar surface area (TPSA) is 78.4 Å². The molecule has 0 bridgehead atoms.